The van der Waals surface area contributed by atoms with Crippen molar-refractivity contribution in [1.29, 1.82) is 0 Å². The van der Waals surface area contributed by atoms with Crippen molar-refractivity contribution < 1.29 is 14.2 Å². The first kappa shape index (κ1) is 10.6. The molecule has 0 bridgehead atoms. The Bertz CT molecular complexity index is 286. The Hall–Kier alpha value is -0.900. The molecule has 15 heavy (non-hydrogen) atoms. The number of hydrogen-bond donors (Lipinski definition) is 0. The number of benzene rings is 1. The fraction of sp³-hybridized carbons (Fsp3) is 0.500. The summed E-state index contributed by atoms with van der Waals surface area (Å²) in [5, 5.41) is 0. The van der Waals surface area contributed by atoms with E-state index >= 15 is 0 Å². The molecule has 1 aromatic rings. The van der Waals surface area contributed by atoms with Gasteiger partial charge in [0.15, 0.2) is 6.29 Å². The van der Waals surface area contributed by atoms with Gasteiger partial charge in [-0.25, -0.2) is 0 Å². The number of methoxy groups -OCH3 is 1. The zero-order valence-corrected chi connectivity index (χ0v) is 8.89. The highest BCUT2D eigenvalue weighted by molar-refractivity contribution is 5.18. The minimum absolute atomic E-state index is 0.0769. The molecule has 1 aliphatic rings. The second-order valence-electron chi connectivity index (χ2n) is 3.58. The highest BCUT2D eigenvalue weighted by atomic mass is 16.7. The summed E-state index contributed by atoms with van der Waals surface area (Å²) in [6, 6.07) is 10.2. The van der Waals surface area contributed by atoms with Gasteiger partial charge in [0.2, 0.25) is 0 Å². The van der Waals surface area contributed by atoms with Crippen LogP contribution in [-0.4, -0.2) is 26.6 Å². The minimum Gasteiger partial charge on any atom is -0.384 e. The van der Waals surface area contributed by atoms with Crippen molar-refractivity contribution >= 4 is 0 Å². The second-order valence-corrected chi connectivity index (χ2v) is 3.58. The average Bonchev–Trinajstić information content (AvgIpc) is 2.76. The van der Waals surface area contributed by atoms with E-state index in [0.29, 0.717) is 13.2 Å². The van der Waals surface area contributed by atoms with Crippen LogP contribution < -0.4 is 0 Å². The maximum atomic E-state index is 5.75. The average molecular weight is 208 g/mol. The molecule has 1 aromatic carbocycles. The Morgan fingerprint density at radius 1 is 1.33 bits per heavy atom. The lowest BCUT2D eigenvalue weighted by Gasteiger charge is -2.10. The van der Waals surface area contributed by atoms with Crippen molar-refractivity contribution in [1.82, 2.24) is 0 Å². The van der Waals surface area contributed by atoms with Crippen LogP contribution in [0.2, 0.25) is 0 Å². The Morgan fingerprint density at radius 2 is 2.13 bits per heavy atom. The van der Waals surface area contributed by atoms with Gasteiger partial charge in [0.25, 0.3) is 0 Å². The first-order chi connectivity index (χ1) is 7.40. The summed E-state index contributed by atoms with van der Waals surface area (Å²) in [5.41, 5.74) is 1.18. The zero-order chi connectivity index (χ0) is 10.5. The van der Waals surface area contributed by atoms with Gasteiger partial charge in [0, 0.05) is 13.5 Å². The molecule has 0 aromatic heterocycles. The fourth-order valence-corrected chi connectivity index (χ4v) is 1.66. The quantitative estimate of drug-likeness (QED) is 0.758. The molecule has 2 unspecified atom stereocenters. The van der Waals surface area contributed by atoms with Crippen molar-refractivity contribution in [2.45, 2.75) is 18.8 Å². The van der Waals surface area contributed by atoms with Gasteiger partial charge in [-0.15, -0.1) is 0 Å². The largest absolute Gasteiger partial charge is 0.384 e. The van der Waals surface area contributed by atoms with E-state index in [1.165, 1.54) is 5.56 Å². The topological polar surface area (TPSA) is 27.7 Å². The van der Waals surface area contributed by atoms with Crippen LogP contribution in [0.15, 0.2) is 30.3 Å². The van der Waals surface area contributed by atoms with Gasteiger partial charge in [-0.3, -0.25) is 0 Å². The summed E-state index contributed by atoms with van der Waals surface area (Å²) in [5.74, 6) is 0. The zero-order valence-electron chi connectivity index (χ0n) is 8.89. The van der Waals surface area contributed by atoms with Gasteiger partial charge < -0.3 is 14.2 Å². The van der Waals surface area contributed by atoms with Gasteiger partial charge in [0.1, 0.15) is 6.10 Å². The normalized spacial score (nSPS) is 25.7. The van der Waals surface area contributed by atoms with E-state index in [2.05, 4.69) is 12.1 Å². The van der Waals surface area contributed by atoms with Crippen molar-refractivity contribution in [3.63, 3.8) is 0 Å². The number of hydrogen-bond acceptors (Lipinski definition) is 3. The molecule has 1 heterocycles. The lowest BCUT2D eigenvalue weighted by atomic mass is 10.1. The van der Waals surface area contributed by atoms with Crippen LogP contribution in [0.3, 0.4) is 0 Å². The first-order valence-electron chi connectivity index (χ1n) is 5.21. The summed E-state index contributed by atoms with van der Waals surface area (Å²) < 4.78 is 16.3. The molecule has 0 saturated carbocycles. The molecular weight excluding hydrogens is 192 g/mol. The predicted octanol–water partition coefficient (Wildman–Crippen LogP) is 2.14. The van der Waals surface area contributed by atoms with E-state index in [9.17, 15) is 0 Å². The van der Waals surface area contributed by atoms with Gasteiger partial charge in [0.05, 0.1) is 13.2 Å². The molecule has 82 valence electrons. The molecule has 2 atom stereocenters. The van der Waals surface area contributed by atoms with Crippen LogP contribution in [0.1, 0.15) is 18.1 Å². The highest BCUT2D eigenvalue weighted by Gasteiger charge is 2.26. The first-order valence-corrected chi connectivity index (χ1v) is 5.21. The van der Waals surface area contributed by atoms with Crippen molar-refractivity contribution in [2.75, 3.05) is 20.3 Å². The summed E-state index contributed by atoms with van der Waals surface area (Å²) in [6.45, 7) is 1.31. The van der Waals surface area contributed by atoms with Crippen molar-refractivity contribution in [3.8, 4) is 0 Å². The summed E-state index contributed by atoms with van der Waals surface area (Å²) >= 11 is 0. The van der Waals surface area contributed by atoms with Crippen molar-refractivity contribution in [3.05, 3.63) is 35.9 Å². The summed E-state index contributed by atoms with van der Waals surface area (Å²) in [7, 11) is 1.68. The van der Waals surface area contributed by atoms with Crippen LogP contribution in [-0.2, 0) is 14.2 Å². The van der Waals surface area contributed by atoms with Crippen LogP contribution >= 0.6 is 0 Å². The molecule has 2 rings (SSSR count). The third-order valence-electron chi connectivity index (χ3n) is 2.48. The highest BCUT2D eigenvalue weighted by Crippen LogP contribution is 2.27. The Kier molecular flexibility index (Phi) is 3.72. The standard InChI is InChI=1S/C12H16O3/c1-13-8-7-12-14-9-11(15-12)10-5-3-2-4-6-10/h2-6,11-12H,7-9H2,1H3. The summed E-state index contributed by atoms with van der Waals surface area (Å²) in [4.78, 5) is 0. The van der Waals surface area contributed by atoms with E-state index in [-0.39, 0.29) is 12.4 Å². The monoisotopic (exact) mass is 208 g/mol. The van der Waals surface area contributed by atoms with Crippen LogP contribution in [0, 0.1) is 0 Å². The molecule has 0 aliphatic carbocycles. The maximum absolute atomic E-state index is 5.75. The van der Waals surface area contributed by atoms with Crippen molar-refractivity contribution in [2.24, 2.45) is 0 Å². The van der Waals surface area contributed by atoms with Crippen LogP contribution in [0.25, 0.3) is 0 Å². The van der Waals surface area contributed by atoms with E-state index in [4.69, 9.17) is 14.2 Å². The Balaban J connectivity index is 1.87. The fourth-order valence-electron chi connectivity index (χ4n) is 1.66. The molecular formula is C12H16O3. The molecule has 1 aliphatic heterocycles. The van der Waals surface area contributed by atoms with E-state index in [1.807, 2.05) is 18.2 Å². The molecule has 3 nitrogen and oxygen atoms in total. The molecule has 0 amide bonds. The molecule has 0 N–H and O–H groups in total. The lowest BCUT2D eigenvalue weighted by molar-refractivity contribution is -0.0727. The molecule has 1 saturated heterocycles. The smallest absolute Gasteiger partial charge is 0.160 e. The molecule has 0 spiro atoms. The Labute approximate surface area is 90.0 Å². The van der Waals surface area contributed by atoms with Crippen LogP contribution in [0.4, 0.5) is 0 Å². The second kappa shape index (κ2) is 5.26. The van der Waals surface area contributed by atoms with Gasteiger partial charge in [-0.05, 0) is 5.56 Å². The minimum atomic E-state index is -0.116. The third kappa shape index (κ3) is 2.78. The van der Waals surface area contributed by atoms with Gasteiger partial charge in [-0.2, -0.15) is 0 Å². The van der Waals surface area contributed by atoms with E-state index < -0.39 is 0 Å². The van der Waals surface area contributed by atoms with Gasteiger partial charge >= 0.3 is 0 Å². The molecule has 0 radical (unpaired) electrons. The number of rotatable bonds is 4. The predicted molar refractivity (Wildman–Crippen MR) is 56.5 cm³/mol. The SMILES string of the molecule is COCCC1OCC(c2ccccc2)O1. The Morgan fingerprint density at radius 3 is 2.87 bits per heavy atom. The summed E-state index contributed by atoms with van der Waals surface area (Å²) in [6.07, 6.45) is 0.753. The third-order valence-corrected chi connectivity index (χ3v) is 2.48. The van der Waals surface area contributed by atoms with E-state index in [1.54, 1.807) is 7.11 Å². The van der Waals surface area contributed by atoms with E-state index in [0.717, 1.165) is 6.42 Å². The maximum Gasteiger partial charge on any atom is 0.160 e. The van der Waals surface area contributed by atoms with Gasteiger partial charge in [-0.1, -0.05) is 30.3 Å². The van der Waals surface area contributed by atoms with Crippen LogP contribution in [0.5, 0.6) is 0 Å². The number of ether oxygens (including phenoxy) is 3. The molecule has 3 heteroatoms. The molecule has 1 fully saturated rings. The lowest BCUT2D eigenvalue weighted by Crippen LogP contribution is -2.10.